The van der Waals surface area contributed by atoms with E-state index in [1.54, 1.807) is 11.3 Å². The molecule has 0 aliphatic heterocycles. The largest absolute Gasteiger partial charge is 0.377 e. The second kappa shape index (κ2) is 8.35. The van der Waals surface area contributed by atoms with Gasteiger partial charge in [0.15, 0.2) is 0 Å². The summed E-state index contributed by atoms with van der Waals surface area (Å²) in [6, 6.07) is 4.19. The van der Waals surface area contributed by atoms with Gasteiger partial charge in [0.1, 0.15) is 0 Å². The molecule has 0 bridgehead atoms. The highest BCUT2D eigenvalue weighted by Gasteiger charge is 2.31. The number of rotatable bonds is 7. The van der Waals surface area contributed by atoms with Gasteiger partial charge in [0.2, 0.25) is 0 Å². The summed E-state index contributed by atoms with van der Waals surface area (Å²) in [6.45, 7) is 2.80. The quantitative estimate of drug-likeness (QED) is 0.595. The molecule has 0 saturated heterocycles. The maximum Gasteiger partial charge on any atom is 0.0931 e. The number of ether oxygens (including phenoxy) is 1. The first kappa shape index (κ1) is 16.2. The van der Waals surface area contributed by atoms with Crippen molar-refractivity contribution in [1.29, 1.82) is 0 Å². The van der Waals surface area contributed by atoms with E-state index >= 15 is 0 Å². The maximum absolute atomic E-state index is 6.04. The third kappa shape index (κ3) is 4.43. The van der Waals surface area contributed by atoms with Crippen molar-refractivity contribution >= 4 is 22.9 Å². The highest BCUT2D eigenvalue weighted by atomic mass is 35.5. The van der Waals surface area contributed by atoms with E-state index in [1.807, 2.05) is 6.07 Å². The minimum absolute atomic E-state index is 0.160. The molecule has 3 N–H and O–H groups in total. The summed E-state index contributed by atoms with van der Waals surface area (Å²) in [4.78, 5) is 1.26. The van der Waals surface area contributed by atoms with E-state index in [-0.39, 0.29) is 12.1 Å². The lowest BCUT2D eigenvalue weighted by Gasteiger charge is -2.35. The van der Waals surface area contributed by atoms with Crippen LogP contribution in [0.4, 0.5) is 0 Å². The summed E-state index contributed by atoms with van der Waals surface area (Å²) in [5.74, 6) is 6.43. The monoisotopic (exact) mass is 316 g/mol. The third-order valence-corrected chi connectivity index (χ3v) is 5.39. The molecular weight excluding hydrogens is 292 g/mol. The van der Waals surface area contributed by atoms with Gasteiger partial charge in [0, 0.05) is 17.9 Å². The highest BCUT2D eigenvalue weighted by Crippen LogP contribution is 2.31. The van der Waals surface area contributed by atoms with Gasteiger partial charge in [-0.3, -0.25) is 11.3 Å². The Morgan fingerprint density at radius 3 is 2.70 bits per heavy atom. The molecule has 2 unspecified atom stereocenters. The van der Waals surface area contributed by atoms with Crippen LogP contribution >= 0.6 is 22.9 Å². The van der Waals surface area contributed by atoms with Crippen LogP contribution in [-0.2, 0) is 11.2 Å². The zero-order valence-electron chi connectivity index (χ0n) is 12.1. The van der Waals surface area contributed by atoms with E-state index in [9.17, 15) is 0 Å². The smallest absolute Gasteiger partial charge is 0.0931 e. The molecule has 114 valence electrons. The zero-order chi connectivity index (χ0) is 14.4. The van der Waals surface area contributed by atoms with Gasteiger partial charge in [-0.05, 0) is 37.8 Å². The molecule has 1 aromatic rings. The fraction of sp³-hybridized carbons (Fsp3) is 0.733. The van der Waals surface area contributed by atoms with E-state index in [0.29, 0.717) is 5.92 Å². The molecular formula is C15H25ClN2OS. The van der Waals surface area contributed by atoms with Crippen LogP contribution in [0.3, 0.4) is 0 Å². The Balaban J connectivity index is 2.03. The van der Waals surface area contributed by atoms with Crippen molar-refractivity contribution < 1.29 is 4.74 Å². The van der Waals surface area contributed by atoms with E-state index in [4.69, 9.17) is 22.2 Å². The fourth-order valence-electron chi connectivity index (χ4n) is 3.18. The average Bonchev–Trinajstić information content (AvgIpc) is 2.89. The molecule has 0 radical (unpaired) electrons. The predicted molar refractivity (Wildman–Crippen MR) is 86.1 cm³/mol. The molecule has 0 amide bonds. The van der Waals surface area contributed by atoms with Crippen molar-refractivity contribution in [2.75, 3.05) is 6.61 Å². The van der Waals surface area contributed by atoms with E-state index in [1.165, 1.54) is 37.0 Å². The first-order valence-electron chi connectivity index (χ1n) is 7.56. The highest BCUT2D eigenvalue weighted by molar-refractivity contribution is 7.16. The van der Waals surface area contributed by atoms with Gasteiger partial charge in [-0.2, -0.15) is 0 Å². The first-order valence-corrected chi connectivity index (χ1v) is 8.76. The molecule has 3 nitrogen and oxygen atoms in total. The number of hydrogen-bond donors (Lipinski definition) is 2. The second-order valence-corrected chi connectivity index (χ2v) is 7.30. The van der Waals surface area contributed by atoms with Gasteiger partial charge in [0.25, 0.3) is 0 Å². The first-order chi connectivity index (χ1) is 9.74. The van der Waals surface area contributed by atoms with Crippen molar-refractivity contribution in [3.05, 3.63) is 21.3 Å². The lowest BCUT2D eigenvalue weighted by Crippen LogP contribution is -2.50. The van der Waals surface area contributed by atoms with Crippen molar-refractivity contribution in [3.8, 4) is 0 Å². The summed E-state index contributed by atoms with van der Waals surface area (Å²) in [5.41, 5.74) is 2.98. The van der Waals surface area contributed by atoms with Gasteiger partial charge < -0.3 is 4.74 Å². The number of thiophene rings is 1. The number of nitrogens with one attached hydrogen (secondary N) is 1. The standard InChI is InChI=1S/C15H25ClN2OS/c1-2-19-15(11-6-4-3-5-7-11)13(18-17)10-12-8-9-14(16)20-12/h8-9,11,13,15,18H,2-7,10,17H2,1H3. The SMILES string of the molecule is CCOC(C1CCCCC1)C(Cc1ccc(Cl)s1)NN. The minimum Gasteiger partial charge on any atom is -0.377 e. The maximum atomic E-state index is 6.04. The molecule has 5 heteroatoms. The Kier molecular flexibility index (Phi) is 6.78. The van der Waals surface area contributed by atoms with E-state index in [2.05, 4.69) is 18.4 Å². The molecule has 2 rings (SSSR count). The number of nitrogens with two attached hydrogens (primary N) is 1. The average molecular weight is 317 g/mol. The van der Waals surface area contributed by atoms with Crippen LogP contribution in [0, 0.1) is 5.92 Å². The van der Waals surface area contributed by atoms with Crippen LogP contribution in [0.1, 0.15) is 43.9 Å². The van der Waals surface area contributed by atoms with Gasteiger partial charge >= 0.3 is 0 Å². The van der Waals surface area contributed by atoms with Crippen LogP contribution in [0.5, 0.6) is 0 Å². The number of hydrogen-bond acceptors (Lipinski definition) is 4. The number of halogens is 1. The Hall–Kier alpha value is -0.130. The van der Waals surface area contributed by atoms with Crippen molar-refractivity contribution in [1.82, 2.24) is 5.43 Å². The molecule has 0 aromatic carbocycles. The molecule has 1 heterocycles. The van der Waals surface area contributed by atoms with Crippen LogP contribution in [0.25, 0.3) is 0 Å². The van der Waals surface area contributed by atoms with Crippen molar-refractivity contribution in [2.24, 2.45) is 11.8 Å². The Bertz CT molecular complexity index is 393. The summed E-state index contributed by atoms with van der Waals surface area (Å²) < 4.78 is 6.88. The molecule has 1 aliphatic carbocycles. The molecule has 1 aliphatic rings. The molecule has 0 spiro atoms. The third-order valence-electron chi connectivity index (χ3n) is 4.13. The summed E-state index contributed by atoms with van der Waals surface area (Å²) in [5, 5.41) is 0. The molecule has 2 atom stereocenters. The molecule has 1 aromatic heterocycles. The van der Waals surface area contributed by atoms with Gasteiger partial charge in [-0.25, -0.2) is 0 Å². The second-order valence-electron chi connectivity index (χ2n) is 5.50. The van der Waals surface area contributed by atoms with Gasteiger partial charge in [-0.15, -0.1) is 11.3 Å². The summed E-state index contributed by atoms with van der Waals surface area (Å²) in [7, 11) is 0. The Morgan fingerprint density at radius 2 is 2.15 bits per heavy atom. The summed E-state index contributed by atoms with van der Waals surface area (Å²) >= 11 is 7.64. The molecule has 1 fully saturated rings. The lowest BCUT2D eigenvalue weighted by atomic mass is 9.82. The van der Waals surface area contributed by atoms with E-state index in [0.717, 1.165) is 17.4 Å². The summed E-state index contributed by atoms with van der Waals surface area (Å²) in [6.07, 6.45) is 7.59. The fourth-order valence-corrected chi connectivity index (χ4v) is 4.33. The van der Waals surface area contributed by atoms with Crippen molar-refractivity contribution in [3.63, 3.8) is 0 Å². The van der Waals surface area contributed by atoms with Crippen LogP contribution in [0.2, 0.25) is 4.34 Å². The number of hydrazine groups is 1. The topological polar surface area (TPSA) is 47.3 Å². The van der Waals surface area contributed by atoms with Gasteiger partial charge in [0.05, 0.1) is 16.5 Å². The predicted octanol–water partition coefficient (Wildman–Crippen LogP) is 3.76. The Labute approximate surface area is 130 Å². The lowest BCUT2D eigenvalue weighted by molar-refractivity contribution is -0.0173. The van der Waals surface area contributed by atoms with E-state index < -0.39 is 0 Å². The van der Waals surface area contributed by atoms with Crippen molar-refractivity contribution in [2.45, 2.75) is 57.6 Å². The van der Waals surface area contributed by atoms with Crippen LogP contribution < -0.4 is 11.3 Å². The van der Waals surface area contributed by atoms with Crippen LogP contribution in [0.15, 0.2) is 12.1 Å². The molecule has 1 saturated carbocycles. The molecule has 20 heavy (non-hydrogen) atoms. The van der Waals surface area contributed by atoms with Crippen LogP contribution in [-0.4, -0.2) is 18.8 Å². The van der Waals surface area contributed by atoms with Gasteiger partial charge in [-0.1, -0.05) is 30.9 Å². The normalized spacial score (nSPS) is 19.9. The minimum atomic E-state index is 0.160. The zero-order valence-corrected chi connectivity index (χ0v) is 13.7. The Morgan fingerprint density at radius 1 is 1.40 bits per heavy atom.